The monoisotopic (exact) mass is 364 g/mol. The molecule has 0 aliphatic heterocycles. The fraction of sp³-hybridized carbons (Fsp3) is 0.316. The summed E-state index contributed by atoms with van der Waals surface area (Å²) in [4.78, 5) is 14.1. The number of hydrogen-bond donors (Lipinski definition) is 1. The molecule has 0 bridgehead atoms. The number of methoxy groups -OCH3 is 1. The first-order valence-electron chi connectivity index (χ1n) is 7.96. The van der Waals surface area contributed by atoms with E-state index in [0.717, 1.165) is 11.3 Å². The molecule has 1 N–H and O–H groups in total. The van der Waals surface area contributed by atoms with Crippen LogP contribution in [0.2, 0.25) is 5.02 Å². The molecule has 2 aromatic carbocycles. The number of likely N-dealkylation sites (N-methyl/N-ethyl adjacent to an activating group) is 1. The van der Waals surface area contributed by atoms with E-state index in [9.17, 15) is 9.18 Å². The zero-order valence-electron chi connectivity index (χ0n) is 14.6. The van der Waals surface area contributed by atoms with Crippen LogP contribution >= 0.6 is 11.6 Å². The van der Waals surface area contributed by atoms with Crippen LogP contribution in [0.5, 0.6) is 5.75 Å². The Morgan fingerprint density at radius 3 is 2.56 bits per heavy atom. The van der Waals surface area contributed by atoms with Crippen molar-refractivity contribution >= 4 is 17.5 Å². The predicted octanol–water partition coefficient (Wildman–Crippen LogP) is 3.62. The van der Waals surface area contributed by atoms with Crippen LogP contribution in [0.4, 0.5) is 4.39 Å². The highest BCUT2D eigenvalue weighted by Crippen LogP contribution is 2.21. The van der Waals surface area contributed by atoms with E-state index in [1.165, 1.54) is 6.07 Å². The van der Waals surface area contributed by atoms with Gasteiger partial charge in [0.1, 0.15) is 11.6 Å². The van der Waals surface area contributed by atoms with Gasteiger partial charge in [0.25, 0.3) is 0 Å². The Labute approximate surface area is 152 Å². The number of ether oxygens (including phenoxy) is 1. The predicted molar refractivity (Wildman–Crippen MR) is 97.2 cm³/mol. The van der Waals surface area contributed by atoms with Crippen LogP contribution in [0.25, 0.3) is 0 Å². The Kier molecular flexibility index (Phi) is 6.79. The van der Waals surface area contributed by atoms with Gasteiger partial charge >= 0.3 is 0 Å². The maximum absolute atomic E-state index is 13.9. The van der Waals surface area contributed by atoms with Gasteiger partial charge in [-0.1, -0.05) is 29.8 Å². The van der Waals surface area contributed by atoms with Gasteiger partial charge < -0.3 is 10.1 Å². The van der Waals surface area contributed by atoms with Gasteiger partial charge in [-0.25, -0.2) is 4.39 Å². The van der Waals surface area contributed by atoms with E-state index in [1.54, 1.807) is 38.1 Å². The van der Waals surface area contributed by atoms with E-state index in [0.29, 0.717) is 17.1 Å². The molecule has 0 aromatic heterocycles. The molecule has 0 fully saturated rings. The average Bonchev–Trinajstić information content (AvgIpc) is 2.62. The maximum atomic E-state index is 13.9. The lowest BCUT2D eigenvalue weighted by Crippen LogP contribution is -2.42. The second-order valence-corrected chi connectivity index (χ2v) is 6.26. The van der Waals surface area contributed by atoms with Crippen molar-refractivity contribution in [2.45, 2.75) is 26.1 Å². The summed E-state index contributed by atoms with van der Waals surface area (Å²) in [6, 6.07) is 11.6. The molecule has 6 heteroatoms. The molecule has 0 heterocycles. The summed E-state index contributed by atoms with van der Waals surface area (Å²) >= 11 is 6.05. The van der Waals surface area contributed by atoms with Gasteiger partial charge in [0.15, 0.2) is 0 Å². The minimum Gasteiger partial charge on any atom is -0.497 e. The summed E-state index contributed by atoms with van der Waals surface area (Å²) in [5, 5.41) is 3.24. The number of benzene rings is 2. The Morgan fingerprint density at radius 2 is 1.96 bits per heavy atom. The van der Waals surface area contributed by atoms with Crippen molar-refractivity contribution in [2.75, 3.05) is 14.2 Å². The van der Waals surface area contributed by atoms with Crippen molar-refractivity contribution in [2.24, 2.45) is 0 Å². The highest BCUT2D eigenvalue weighted by atomic mass is 35.5. The third-order valence-electron chi connectivity index (χ3n) is 4.14. The lowest BCUT2D eigenvalue weighted by atomic mass is 10.1. The second-order valence-electron chi connectivity index (χ2n) is 5.86. The first-order chi connectivity index (χ1) is 11.9. The molecule has 25 heavy (non-hydrogen) atoms. The van der Waals surface area contributed by atoms with Crippen molar-refractivity contribution < 1.29 is 13.9 Å². The number of carbonyl (C=O) groups excluding carboxylic acids is 1. The smallest absolute Gasteiger partial charge is 0.237 e. The van der Waals surface area contributed by atoms with Crippen LogP contribution in [0.15, 0.2) is 42.5 Å². The number of halogens is 2. The van der Waals surface area contributed by atoms with Gasteiger partial charge in [0.2, 0.25) is 5.91 Å². The Hall–Kier alpha value is -2.11. The van der Waals surface area contributed by atoms with Crippen LogP contribution in [0, 0.1) is 5.82 Å². The average molecular weight is 365 g/mol. The standard InChI is InChI=1S/C19H22ClFN2O2/c1-13(23(2)12-16-17(20)5-4-6-18(16)21)19(24)22-11-14-7-9-15(25-3)10-8-14/h4-10,13H,11-12H2,1-3H3,(H,22,24)/t13-/m1/s1. The molecule has 134 valence electrons. The van der Waals surface area contributed by atoms with E-state index in [4.69, 9.17) is 16.3 Å². The molecule has 0 aliphatic carbocycles. The minimum absolute atomic E-state index is 0.134. The Morgan fingerprint density at radius 1 is 1.28 bits per heavy atom. The number of amides is 1. The first kappa shape index (κ1) is 19.2. The third-order valence-corrected chi connectivity index (χ3v) is 4.49. The number of carbonyl (C=O) groups is 1. The van der Waals surface area contributed by atoms with Gasteiger partial charge in [-0.3, -0.25) is 9.69 Å². The molecule has 0 unspecified atom stereocenters. The van der Waals surface area contributed by atoms with Crippen molar-refractivity contribution in [3.8, 4) is 5.75 Å². The lowest BCUT2D eigenvalue weighted by molar-refractivity contribution is -0.125. The number of rotatable bonds is 7. The van der Waals surface area contributed by atoms with Crippen LogP contribution in [-0.2, 0) is 17.9 Å². The highest BCUT2D eigenvalue weighted by molar-refractivity contribution is 6.31. The fourth-order valence-electron chi connectivity index (χ4n) is 2.35. The zero-order chi connectivity index (χ0) is 18.4. The maximum Gasteiger partial charge on any atom is 0.237 e. The largest absolute Gasteiger partial charge is 0.497 e. The number of hydrogen-bond acceptors (Lipinski definition) is 3. The molecule has 1 amide bonds. The van der Waals surface area contributed by atoms with E-state index < -0.39 is 6.04 Å². The molecule has 0 spiro atoms. The number of nitrogens with zero attached hydrogens (tertiary/aromatic N) is 1. The van der Waals surface area contributed by atoms with Crippen LogP contribution < -0.4 is 10.1 Å². The summed E-state index contributed by atoms with van der Waals surface area (Å²) < 4.78 is 19.0. The van der Waals surface area contributed by atoms with E-state index in [1.807, 2.05) is 24.3 Å². The molecule has 2 rings (SSSR count). The second kappa shape index (κ2) is 8.83. The summed E-state index contributed by atoms with van der Waals surface area (Å²) in [7, 11) is 3.37. The highest BCUT2D eigenvalue weighted by Gasteiger charge is 2.20. The molecule has 0 radical (unpaired) electrons. The van der Waals surface area contributed by atoms with Gasteiger partial charge in [0.05, 0.1) is 13.2 Å². The van der Waals surface area contributed by atoms with Crippen molar-refractivity contribution in [1.29, 1.82) is 0 Å². The topological polar surface area (TPSA) is 41.6 Å². The molecule has 4 nitrogen and oxygen atoms in total. The third kappa shape index (κ3) is 5.18. The summed E-state index contributed by atoms with van der Waals surface area (Å²) in [5.41, 5.74) is 1.36. The zero-order valence-corrected chi connectivity index (χ0v) is 15.3. The van der Waals surface area contributed by atoms with Crippen LogP contribution in [0.3, 0.4) is 0 Å². The van der Waals surface area contributed by atoms with E-state index in [-0.39, 0.29) is 18.3 Å². The van der Waals surface area contributed by atoms with Gasteiger partial charge in [0, 0.05) is 23.7 Å². The molecule has 0 saturated heterocycles. The van der Waals surface area contributed by atoms with Gasteiger partial charge in [-0.05, 0) is 43.8 Å². The van der Waals surface area contributed by atoms with E-state index >= 15 is 0 Å². The molecular weight excluding hydrogens is 343 g/mol. The Bertz CT molecular complexity index is 702. The SMILES string of the molecule is COc1ccc(CNC(=O)[C@@H](C)N(C)Cc2c(F)cccc2Cl)cc1. The lowest BCUT2D eigenvalue weighted by Gasteiger charge is -2.24. The van der Waals surface area contributed by atoms with Gasteiger partial charge in [-0.15, -0.1) is 0 Å². The molecule has 0 saturated carbocycles. The normalized spacial score (nSPS) is 12.1. The fourth-order valence-corrected chi connectivity index (χ4v) is 2.57. The van der Waals surface area contributed by atoms with Crippen molar-refractivity contribution in [3.63, 3.8) is 0 Å². The van der Waals surface area contributed by atoms with Gasteiger partial charge in [-0.2, -0.15) is 0 Å². The Balaban J connectivity index is 1.92. The minimum atomic E-state index is -0.422. The summed E-state index contributed by atoms with van der Waals surface area (Å²) in [6.07, 6.45) is 0. The summed E-state index contributed by atoms with van der Waals surface area (Å²) in [6.45, 7) is 2.45. The van der Waals surface area contributed by atoms with Crippen LogP contribution in [0.1, 0.15) is 18.1 Å². The van der Waals surface area contributed by atoms with Crippen molar-refractivity contribution in [1.82, 2.24) is 10.2 Å². The molecular formula is C19H22ClFN2O2. The quantitative estimate of drug-likeness (QED) is 0.815. The molecule has 1 atom stereocenters. The van der Waals surface area contributed by atoms with Crippen molar-refractivity contribution in [3.05, 3.63) is 64.4 Å². The van der Waals surface area contributed by atoms with Crippen LogP contribution in [-0.4, -0.2) is 31.0 Å². The molecule has 0 aliphatic rings. The first-order valence-corrected chi connectivity index (χ1v) is 8.34. The number of nitrogens with one attached hydrogen (secondary N) is 1. The van der Waals surface area contributed by atoms with E-state index in [2.05, 4.69) is 5.32 Å². The molecule has 2 aromatic rings. The summed E-state index contributed by atoms with van der Waals surface area (Å²) in [5.74, 6) is 0.265.